The number of nitrogens with zero attached hydrogens (tertiary/aromatic N) is 1. The molecule has 7 heteroatoms. The van der Waals surface area contributed by atoms with E-state index in [-0.39, 0.29) is 22.9 Å². The molecule has 2 N–H and O–H groups in total. The Balaban J connectivity index is 3.04. The van der Waals surface area contributed by atoms with Gasteiger partial charge in [-0.25, -0.2) is 8.42 Å². The Morgan fingerprint density at radius 2 is 1.80 bits per heavy atom. The number of hydrogen-bond acceptors (Lipinski definition) is 5. The highest BCUT2D eigenvalue weighted by Crippen LogP contribution is 2.16. The summed E-state index contributed by atoms with van der Waals surface area (Å²) in [5.74, 6) is -0.162. The van der Waals surface area contributed by atoms with Gasteiger partial charge in [-0.1, -0.05) is 0 Å². The van der Waals surface area contributed by atoms with Gasteiger partial charge in [0, 0.05) is 18.7 Å². The van der Waals surface area contributed by atoms with Gasteiger partial charge in [0.15, 0.2) is 9.84 Å². The fourth-order valence-electron chi connectivity index (χ4n) is 1.05. The van der Waals surface area contributed by atoms with E-state index in [2.05, 4.69) is 0 Å². The topological polar surface area (TPSA) is 103 Å². The fraction of sp³-hybridized carbons (Fsp3) is 0.250. The van der Waals surface area contributed by atoms with Crippen LogP contribution in [0.4, 0.5) is 5.69 Å². The van der Waals surface area contributed by atoms with Gasteiger partial charge in [0.05, 0.1) is 15.6 Å². The zero-order valence-corrected chi connectivity index (χ0v) is 8.61. The van der Waals surface area contributed by atoms with Crippen LogP contribution in [0.25, 0.3) is 0 Å². The summed E-state index contributed by atoms with van der Waals surface area (Å²) >= 11 is 0. The van der Waals surface area contributed by atoms with Gasteiger partial charge in [0.2, 0.25) is 0 Å². The molecule has 0 fully saturated rings. The molecule has 0 unspecified atom stereocenters. The minimum Gasteiger partial charge on any atom is -0.329 e. The first-order valence-corrected chi connectivity index (χ1v) is 5.80. The van der Waals surface area contributed by atoms with E-state index in [9.17, 15) is 18.5 Å². The largest absolute Gasteiger partial charge is 0.329 e. The summed E-state index contributed by atoms with van der Waals surface area (Å²) in [5, 5.41) is 10.3. The standard InChI is InChI=1S/C8H10N2O4S/c9-5-6-15(13,14)8-3-1-7(2-4-8)10(11)12/h1-4H,5-6,9H2. The molecule has 0 saturated carbocycles. The van der Waals surface area contributed by atoms with Crippen LogP contribution in [0.15, 0.2) is 29.2 Å². The maximum Gasteiger partial charge on any atom is 0.269 e. The molecule has 0 aliphatic carbocycles. The van der Waals surface area contributed by atoms with Crippen LogP contribution in [-0.4, -0.2) is 25.6 Å². The van der Waals surface area contributed by atoms with Crippen molar-refractivity contribution in [3.05, 3.63) is 34.4 Å². The molecule has 0 spiro atoms. The van der Waals surface area contributed by atoms with E-state index < -0.39 is 14.8 Å². The monoisotopic (exact) mass is 230 g/mol. The molecule has 0 aromatic heterocycles. The Morgan fingerprint density at radius 1 is 1.27 bits per heavy atom. The molecule has 1 aromatic carbocycles. The summed E-state index contributed by atoms with van der Waals surface area (Å²) in [6.45, 7) is 0.0271. The highest BCUT2D eigenvalue weighted by atomic mass is 32.2. The molecule has 15 heavy (non-hydrogen) atoms. The number of rotatable bonds is 4. The zero-order chi connectivity index (χ0) is 11.5. The average Bonchev–Trinajstić information content (AvgIpc) is 2.18. The van der Waals surface area contributed by atoms with E-state index >= 15 is 0 Å². The highest BCUT2D eigenvalue weighted by molar-refractivity contribution is 7.91. The van der Waals surface area contributed by atoms with Crippen molar-refractivity contribution < 1.29 is 13.3 Å². The lowest BCUT2D eigenvalue weighted by atomic mass is 10.3. The first-order chi connectivity index (χ1) is 6.97. The molecule has 0 saturated heterocycles. The molecule has 6 nitrogen and oxygen atoms in total. The number of non-ortho nitro benzene ring substituents is 1. The Kier molecular flexibility index (Phi) is 3.38. The van der Waals surface area contributed by atoms with Crippen molar-refractivity contribution in [1.82, 2.24) is 0 Å². The molecule has 0 amide bonds. The molecule has 1 rings (SSSR count). The quantitative estimate of drug-likeness (QED) is 0.592. The van der Waals surface area contributed by atoms with Gasteiger partial charge in [-0.2, -0.15) is 0 Å². The van der Waals surface area contributed by atoms with E-state index in [0.29, 0.717) is 0 Å². The number of nitro benzene ring substituents is 1. The molecule has 0 aliphatic rings. The summed E-state index contributed by atoms with van der Waals surface area (Å²) in [4.78, 5) is 9.79. The van der Waals surface area contributed by atoms with E-state index in [1.54, 1.807) is 0 Å². The molecule has 82 valence electrons. The van der Waals surface area contributed by atoms with Crippen LogP contribution in [0, 0.1) is 10.1 Å². The van der Waals surface area contributed by atoms with Crippen molar-refractivity contribution in [1.29, 1.82) is 0 Å². The zero-order valence-electron chi connectivity index (χ0n) is 7.79. The second kappa shape index (κ2) is 4.37. The first-order valence-electron chi connectivity index (χ1n) is 4.14. The molecular weight excluding hydrogens is 220 g/mol. The van der Waals surface area contributed by atoms with Crippen LogP contribution in [0.2, 0.25) is 0 Å². The second-order valence-electron chi connectivity index (χ2n) is 2.86. The van der Waals surface area contributed by atoms with Gasteiger partial charge >= 0.3 is 0 Å². The van der Waals surface area contributed by atoms with E-state index in [4.69, 9.17) is 5.73 Å². The number of nitrogens with two attached hydrogens (primary N) is 1. The van der Waals surface area contributed by atoms with Crippen molar-refractivity contribution in [2.24, 2.45) is 5.73 Å². The van der Waals surface area contributed by atoms with Crippen LogP contribution in [-0.2, 0) is 9.84 Å². The maximum atomic E-state index is 11.5. The average molecular weight is 230 g/mol. The molecular formula is C8H10N2O4S. The lowest BCUT2D eigenvalue weighted by Gasteiger charge is -2.01. The third-order valence-electron chi connectivity index (χ3n) is 1.79. The summed E-state index contributed by atoms with van der Waals surface area (Å²) in [5.41, 5.74) is 5.01. The lowest BCUT2D eigenvalue weighted by Crippen LogP contribution is -2.15. The van der Waals surface area contributed by atoms with E-state index in [1.165, 1.54) is 12.1 Å². The second-order valence-corrected chi connectivity index (χ2v) is 4.97. The molecule has 1 aromatic rings. The SMILES string of the molecule is NCCS(=O)(=O)c1ccc([N+](=O)[O-])cc1. The first kappa shape index (κ1) is 11.6. The third-order valence-corrected chi connectivity index (χ3v) is 3.56. The van der Waals surface area contributed by atoms with Crippen molar-refractivity contribution in [3.8, 4) is 0 Å². The van der Waals surface area contributed by atoms with Crippen LogP contribution in [0.1, 0.15) is 0 Å². The van der Waals surface area contributed by atoms with Crippen LogP contribution >= 0.6 is 0 Å². The van der Waals surface area contributed by atoms with Crippen molar-refractivity contribution in [2.75, 3.05) is 12.3 Å². The summed E-state index contributed by atoms with van der Waals surface area (Å²) < 4.78 is 22.9. The van der Waals surface area contributed by atoms with Crippen molar-refractivity contribution >= 4 is 15.5 Å². The van der Waals surface area contributed by atoms with Crippen LogP contribution < -0.4 is 5.73 Å². The third kappa shape index (κ3) is 2.74. The van der Waals surface area contributed by atoms with E-state index in [0.717, 1.165) is 12.1 Å². The number of benzene rings is 1. The van der Waals surface area contributed by atoms with Gasteiger partial charge in [-0.05, 0) is 12.1 Å². The van der Waals surface area contributed by atoms with Gasteiger partial charge in [0.25, 0.3) is 5.69 Å². The summed E-state index contributed by atoms with van der Waals surface area (Å²) in [7, 11) is -3.40. The van der Waals surface area contributed by atoms with Crippen molar-refractivity contribution in [3.63, 3.8) is 0 Å². The fourth-order valence-corrected chi connectivity index (χ4v) is 2.14. The predicted octanol–water partition coefficient (Wildman–Crippen LogP) is 0.327. The van der Waals surface area contributed by atoms with Gasteiger partial charge < -0.3 is 5.73 Å². The maximum absolute atomic E-state index is 11.5. The van der Waals surface area contributed by atoms with E-state index in [1.807, 2.05) is 0 Å². The van der Waals surface area contributed by atoms with Gasteiger partial charge in [0.1, 0.15) is 0 Å². The molecule has 0 aliphatic heterocycles. The number of hydrogen-bond donors (Lipinski definition) is 1. The minimum atomic E-state index is -3.40. The van der Waals surface area contributed by atoms with Gasteiger partial charge in [-0.3, -0.25) is 10.1 Å². The molecule has 0 radical (unpaired) electrons. The molecule has 0 atom stereocenters. The highest BCUT2D eigenvalue weighted by Gasteiger charge is 2.14. The Labute approximate surface area is 86.8 Å². The number of sulfone groups is 1. The van der Waals surface area contributed by atoms with Crippen LogP contribution in [0.5, 0.6) is 0 Å². The lowest BCUT2D eigenvalue weighted by molar-refractivity contribution is -0.384. The molecule has 0 bridgehead atoms. The summed E-state index contributed by atoms with van der Waals surface area (Å²) in [6, 6.07) is 4.74. The Morgan fingerprint density at radius 3 is 2.20 bits per heavy atom. The normalized spacial score (nSPS) is 11.3. The number of nitro groups is 1. The Hall–Kier alpha value is -1.47. The van der Waals surface area contributed by atoms with Gasteiger partial charge in [-0.15, -0.1) is 0 Å². The minimum absolute atomic E-state index is 0.0271. The van der Waals surface area contributed by atoms with Crippen LogP contribution in [0.3, 0.4) is 0 Å². The van der Waals surface area contributed by atoms with Crippen molar-refractivity contribution in [2.45, 2.75) is 4.90 Å². The predicted molar refractivity (Wildman–Crippen MR) is 54.2 cm³/mol. The Bertz CT molecular complexity index is 452. The molecule has 0 heterocycles. The smallest absolute Gasteiger partial charge is 0.269 e. The summed E-state index contributed by atoms with van der Waals surface area (Å²) in [6.07, 6.45) is 0.